The molecule has 0 aliphatic carbocycles. The second kappa shape index (κ2) is 14.5. The average molecular weight is 631 g/mol. The number of para-hydroxylation sites is 1. The first-order valence-corrected chi connectivity index (χ1v) is 15.2. The second-order valence-corrected chi connectivity index (χ2v) is 11.1. The summed E-state index contributed by atoms with van der Waals surface area (Å²) in [5, 5.41) is 10.6. The second-order valence-electron chi connectivity index (χ2n) is 10.7. The molecule has 46 heavy (non-hydrogen) atoms. The highest BCUT2D eigenvalue weighted by Crippen LogP contribution is 2.28. The van der Waals surface area contributed by atoms with Gasteiger partial charge in [0, 0.05) is 34.1 Å². The lowest BCUT2D eigenvalue weighted by Gasteiger charge is -2.17. The molecule has 3 N–H and O–H groups in total. The third-order valence-electron chi connectivity index (χ3n) is 7.53. The van der Waals surface area contributed by atoms with Crippen molar-refractivity contribution in [2.24, 2.45) is 5.10 Å². The molecule has 1 atom stereocenters. The van der Waals surface area contributed by atoms with E-state index in [9.17, 15) is 9.59 Å². The Morgan fingerprint density at radius 3 is 2.35 bits per heavy atom. The van der Waals surface area contributed by atoms with E-state index in [1.54, 1.807) is 6.21 Å². The van der Waals surface area contributed by atoms with E-state index in [0.717, 1.165) is 38.4 Å². The molecular formula is C37H31ClN4O4. The van der Waals surface area contributed by atoms with Crippen molar-refractivity contribution in [2.75, 3.05) is 0 Å². The van der Waals surface area contributed by atoms with Crippen LogP contribution in [-0.4, -0.2) is 29.2 Å². The standard InChI is InChI=1S/C37H31ClN4O4/c38-29-17-14-26(15-18-29)23-45-35-19-16-27-10-4-5-11-30(27)32(35)22-40-42-36(43)34(20-28-21-39-33-13-7-6-12-31(28)33)41-37(44)46-24-25-8-2-1-3-9-25/h1-19,21-22,34,39H,20,23-24H2,(H,41,44)(H,42,43)/b40-22-/t34-/m0/s1. The van der Waals surface area contributed by atoms with E-state index in [-0.39, 0.29) is 13.0 Å². The maximum Gasteiger partial charge on any atom is 0.408 e. The number of aromatic amines is 1. The summed E-state index contributed by atoms with van der Waals surface area (Å²) in [4.78, 5) is 29.6. The van der Waals surface area contributed by atoms with Gasteiger partial charge in [-0.25, -0.2) is 10.2 Å². The number of hydrazone groups is 1. The average Bonchev–Trinajstić information content (AvgIpc) is 3.50. The number of hydrogen-bond donors (Lipinski definition) is 3. The van der Waals surface area contributed by atoms with E-state index in [4.69, 9.17) is 21.1 Å². The zero-order chi connectivity index (χ0) is 31.7. The van der Waals surface area contributed by atoms with Crippen LogP contribution in [0.1, 0.15) is 22.3 Å². The molecule has 6 aromatic rings. The highest BCUT2D eigenvalue weighted by atomic mass is 35.5. The fourth-order valence-electron chi connectivity index (χ4n) is 5.15. The molecule has 0 spiro atoms. The molecule has 1 aromatic heterocycles. The summed E-state index contributed by atoms with van der Waals surface area (Å²) in [5.74, 6) is 0.103. The number of benzene rings is 5. The van der Waals surface area contributed by atoms with Crippen LogP contribution in [0.2, 0.25) is 5.02 Å². The largest absolute Gasteiger partial charge is 0.488 e. The molecule has 0 saturated heterocycles. The van der Waals surface area contributed by atoms with Crippen LogP contribution >= 0.6 is 11.6 Å². The summed E-state index contributed by atoms with van der Waals surface area (Å²) in [6.45, 7) is 0.399. The number of carbonyl (C=O) groups is 2. The SMILES string of the molecule is O=C(N[C@@H](Cc1c[nH]c2ccccc12)C(=O)N/N=C\c1c(OCc2ccc(Cl)cc2)ccc2ccccc12)OCc1ccccc1. The molecule has 0 radical (unpaired) electrons. The number of nitrogens with zero attached hydrogens (tertiary/aromatic N) is 1. The Balaban J connectivity index is 1.20. The Hall–Kier alpha value is -5.60. The summed E-state index contributed by atoms with van der Waals surface area (Å²) in [6.07, 6.45) is 2.91. The van der Waals surface area contributed by atoms with Gasteiger partial charge in [0.05, 0.1) is 6.21 Å². The quantitative estimate of drug-likeness (QED) is 0.102. The van der Waals surface area contributed by atoms with Crippen LogP contribution in [-0.2, 0) is 29.2 Å². The highest BCUT2D eigenvalue weighted by molar-refractivity contribution is 6.30. The van der Waals surface area contributed by atoms with Gasteiger partial charge in [0.15, 0.2) is 0 Å². The predicted molar refractivity (Wildman–Crippen MR) is 181 cm³/mol. The first-order chi connectivity index (χ1) is 22.5. The number of aromatic nitrogens is 1. The monoisotopic (exact) mass is 630 g/mol. The van der Waals surface area contributed by atoms with Gasteiger partial charge in [0.2, 0.25) is 0 Å². The number of nitrogens with one attached hydrogen (secondary N) is 3. The van der Waals surface area contributed by atoms with Crippen molar-refractivity contribution in [3.05, 3.63) is 149 Å². The van der Waals surface area contributed by atoms with Crippen molar-refractivity contribution < 1.29 is 19.1 Å². The molecule has 230 valence electrons. The summed E-state index contributed by atoms with van der Waals surface area (Å²) in [6, 6.07) is 35.3. The van der Waals surface area contributed by atoms with Crippen molar-refractivity contribution in [1.29, 1.82) is 0 Å². The van der Waals surface area contributed by atoms with Crippen LogP contribution in [0.25, 0.3) is 21.7 Å². The maximum absolute atomic E-state index is 13.5. The van der Waals surface area contributed by atoms with Gasteiger partial charge in [-0.2, -0.15) is 5.10 Å². The Morgan fingerprint density at radius 1 is 0.804 bits per heavy atom. The van der Waals surface area contributed by atoms with Crippen LogP contribution in [0, 0.1) is 0 Å². The molecule has 0 fully saturated rings. The fourth-order valence-corrected chi connectivity index (χ4v) is 5.28. The molecule has 9 heteroatoms. The van der Waals surface area contributed by atoms with Crippen molar-refractivity contribution in [3.63, 3.8) is 0 Å². The summed E-state index contributed by atoms with van der Waals surface area (Å²) in [7, 11) is 0. The number of amides is 2. The van der Waals surface area contributed by atoms with E-state index in [1.165, 1.54) is 0 Å². The normalized spacial score (nSPS) is 11.8. The molecule has 2 amide bonds. The number of hydrogen-bond acceptors (Lipinski definition) is 5. The molecule has 0 bridgehead atoms. The van der Waals surface area contributed by atoms with Crippen molar-refractivity contribution in [2.45, 2.75) is 25.7 Å². The molecule has 6 rings (SSSR count). The third kappa shape index (κ3) is 7.54. The number of carbonyl (C=O) groups excluding carboxylic acids is 2. The lowest BCUT2D eigenvalue weighted by Crippen LogP contribution is -2.47. The minimum absolute atomic E-state index is 0.0755. The lowest BCUT2D eigenvalue weighted by molar-refractivity contribution is -0.123. The fraction of sp³-hybridized carbons (Fsp3) is 0.108. The van der Waals surface area contributed by atoms with Gasteiger partial charge in [0.25, 0.3) is 5.91 Å². The molecule has 5 aromatic carbocycles. The maximum atomic E-state index is 13.5. The minimum atomic E-state index is -0.965. The summed E-state index contributed by atoms with van der Waals surface area (Å²) in [5.41, 5.74) is 6.93. The van der Waals surface area contributed by atoms with E-state index in [2.05, 4.69) is 20.8 Å². The van der Waals surface area contributed by atoms with Gasteiger partial charge in [0.1, 0.15) is 25.0 Å². The zero-order valence-electron chi connectivity index (χ0n) is 24.8. The highest BCUT2D eigenvalue weighted by Gasteiger charge is 2.23. The topological polar surface area (TPSA) is 105 Å². The van der Waals surface area contributed by atoms with Crippen molar-refractivity contribution in [1.82, 2.24) is 15.7 Å². The number of halogens is 1. The number of rotatable bonds is 11. The van der Waals surface area contributed by atoms with Gasteiger partial charge in [-0.05, 0) is 51.7 Å². The van der Waals surface area contributed by atoms with Gasteiger partial charge >= 0.3 is 6.09 Å². The van der Waals surface area contributed by atoms with Gasteiger partial charge in [-0.3, -0.25) is 4.79 Å². The van der Waals surface area contributed by atoms with Crippen LogP contribution < -0.4 is 15.5 Å². The van der Waals surface area contributed by atoms with Crippen LogP contribution in [0.5, 0.6) is 5.75 Å². The molecule has 0 unspecified atom stereocenters. The van der Waals surface area contributed by atoms with Crippen molar-refractivity contribution >= 4 is 51.5 Å². The predicted octanol–water partition coefficient (Wildman–Crippen LogP) is 7.54. The number of ether oxygens (including phenoxy) is 2. The van der Waals surface area contributed by atoms with E-state index in [0.29, 0.717) is 22.9 Å². The Bertz CT molecular complexity index is 1990. The summed E-state index contributed by atoms with van der Waals surface area (Å²) >= 11 is 6.03. The van der Waals surface area contributed by atoms with Crippen LogP contribution in [0.15, 0.2) is 127 Å². The number of H-pyrrole nitrogens is 1. The van der Waals surface area contributed by atoms with Crippen LogP contribution in [0.3, 0.4) is 0 Å². The van der Waals surface area contributed by atoms with Gasteiger partial charge < -0.3 is 19.8 Å². The van der Waals surface area contributed by atoms with E-state index >= 15 is 0 Å². The van der Waals surface area contributed by atoms with E-state index in [1.807, 2.05) is 121 Å². The smallest absolute Gasteiger partial charge is 0.408 e. The van der Waals surface area contributed by atoms with Gasteiger partial charge in [-0.15, -0.1) is 0 Å². The Labute approximate surface area is 271 Å². The van der Waals surface area contributed by atoms with Crippen LogP contribution in [0.4, 0.5) is 4.79 Å². The minimum Gasteiger partial charge on any atom is -0.488 e. The lowest BCUT2D eigenvalue weighted by atomic mass is 10.0. The Kier molecular flexibility index (Phi) is 9.56. The molecule has 0 saturated carbocycles. The van der Waals surface area contributed by atoms with Crippen molar-refractivity contribution in [3.8, 4) is 5.75 Å². The number of alkyl carbamates (subject to hydrolysis) is 1. The summed E-state index contributed by atoms with van der Waals surface area (Å²) < 4.78 is 11.6. The first-order valence-electron chi connectivity index (χ1n) is 14.8. The molecule has 1 heterocycles. The zero-order valence-corrected chi connectivity index (χ0v) is 25.5. The van der Waals surface area contributed by atoms with Gasteiger partial charge in [-0.1, -0.05) is 103 Å². The molecular weight excluding hydrogens is 600 g/mol. The molecule has 8 nitrogen and oxygen atoms in total. The molecule has 0 aliphatic rings. The first kappa shape index (κ1) is 30.4. The van der Waals surface area contributed by atoms with E-state index < -0.39 is 18.0 Å². The third-order valence-corrected chi connectivity index (χ3v) is 7.78. The Morgan fingerprint density at radius 2 is 1.52 bits per heavy atom. The molecule has 0 aliphatic heterocycles. The number of fused-ring (bicyclic) bond motifs is 2.